The number of ether oxygens (including phenoxy) is 1. The maximum atomic E-state index is 11.4. The van der Waals surface area contributed by atoms with Crippen LogP contribution in [-0.4, -0.2) is 11.2 Å². The molecule has 0 radical (unpaired) electrons. The smallest absolute Gasteiger partial charge is 0.410 e. The predicted octanol–water partition coefficient (Wildman–Crippen LogP) is 2.27. The van der Waals surface area contributed by atoms with Crippen molar-refractivity contribution in [3.63, 3.8) is 0 Å². The fourth-order valence-corrected chi connectivity index (χ4v) is 1.29. The van der Waals surface area contributed by atoms with Crippen LogP contribution in [0.3, 0.4) is 0 Å². The summed E-state index contributed by atoms with van der Waals surface area (Å²) in [6.45, 7) is 2.07. The van der Waals surface area contributed by atoms with Crippen molar-refractivity contribution in [2.75, 3.05) is 0 Å². The van der Waals surface area contributed by atoms with Gasteiger partial charge in [-0.3, -0.25) is 0 Å². The molecule has 1 amide bonds. The average molecular weight is 232 g/mol. The molecule has 5 nitrogen and oxygen atoms in total. The Bertz CT molecular complexity index is 493. The van der Waals surface area contributed by atoms with E-state index in [1.54, 1.807) is 30.3 Å². The second-order valence-electron chi connectivity index (χ2n) is 3.49. The number of amides is 1. The van der Waals surface area contributed by atoms with E-state index in [0.717, 1.165) is 5.69 Å². The van der Waals surface area contributed by atoms with Crippen molar-refractivity contribution in [1.29, 1.82) is 0 Å². The van der Waals surface area contributed by atoms with Crippen LogP contribution in [0.25, 0.3) is 0 Å². The van der Waals surface area contributed by atoms with Crippen molar-refractivity contribution in [1.82, 2.24) is 10.5 Å². The third-order valence-electron chi connectivity index (χ3n) is 2.04. The molecular weight excluding hydrogens is 220 g/mol. The van der Waals surface area contributed by atoms with Gasteiger partial charge in [0.1, 0.15) is 5.75 Å². The van der Waals surface area contributed by atoms with Crippen molar-refractivity contribution in [3.05, 3.63) is 47.9 Å². The quantitative estimate of drug-likeness (QED) is 0.881. The first-order chi connectivity index (χ1) is 8.24. The van der Waals surface area contributed by atoms with Gasteiger partial charge in [-0.25, -0.2) is 4.79 Å². The minimum atomic E-state index is -0.523. The van der Waals surface area contributed by atoms with Gasteiger partial charge in [-0.1, -0.05) is 23.4 Å². The van der Waals surface area contributed by atoms with Crippen LogP contribution in [0.15, 0.2) is 40.9 Å². The van der Waals surface area contributed by atoms with Gasteiger partial charge in [0.15, 0.2) is 5.76 Å². The second kappa shape index (κ2) is 5.16. The van der Waals surface area contributed by atoms with Crippen molar-refractivity contribution < 1.29 is 14.1 Å². The molecule has 2 aromatic rings. The van der Waals surface area contributed by atoms with E-state index in [0.29, 0.717) is 11.5 Å². The molecule has 1 N–H and O–H groups in total. The van der Waals surface area contributed by atoms with E-state index in [1.807, 2.05) is 13.0 Å². The number of hydrogen-bond donors (Lipinski definition) is 1. The van der Waals surface area contributed by atoms with Crippen LogP contribution in [0.1, 0.15) is 11.5 Å². The molecule has 1 heterocycles. The predicted molar refractivity (Wildman–Crippen MR) is 60.5 cm³/mol. The van der Waals surface area contributed by atoms with Gasteiger partial charge >= 0.3 is 6.09 Å². The first-order valence-corrected chi connectivity index (χ1v) is 5.17. The van der Waals surface area contributed by atoms with Crippen LogP contribution in [0, 0.1) is 6.92 Å². The molecule has 5 heteroatoms. The lowest BCUT2D eigenvalue weighted by molar-refractivity contribution is 0.198. The van der Waals surface area contributed by atoms with E-state index in [1.165, 1.54) is 0 Å². The van der Waals surface area contributed by atoms with E-state index >= 15 is 0 Å². The third kappa shape index (κ3) is 3.34. The summed E-state index contributed by atoms with van der Waals surface area (Å²) in [5.74, 6) is 1.09. The number of hydrogen-bond acceptors (Lipinski definition) is 4. The number of carbonyl (C=O) groups is 1. The van der Waals surface area contributed by atoms with E-state index in [-0.39, 0.29) is 6.54 Å². The van der Waals surface area contributed by atoms with Gasteiger partial charge < -0.3 is 14.6 Å². The molecule has 0 spiro atoms. The number of carbonyl (C=O) groups excluding carboxylic acids is 1. The topological polar surface area (TPSA) is 64.4 Å². The third-order valence-corrected chi connectivity index (χ3v) is 2.04. The van der Waals surface area contributed by atoms with Crippen LogP contribution < -0.4 is 10.1 Å². The zero-order chi connectivity index (χ0) is 12.1. The molecule has 0 saturated heterocycles. The summed E-state index contributed by atoms with van der Waals surface area (Å²) in [6, 6.07) is 10.6. The Morgan fingerprint density at radius 2 is 2.18 bits per heavy atom. The van der Waals surface area contributed by atoms with Gasteiger partial charge in [0.2, 0.25) is 0 Å². The molecule has 1 aromatic heterocycles. The largest absolute Gasteiger partial charge is 0.412 e. The first kappa shape index (κ1) is 11.2. The maximum absolute atomic E-state index is 11.4. The van der Waals surface area contributed by atoms with E-state index in [9.17, 15) is 4.79 Å². The number of rotatable bonds is 3. The average Bonchev–Trinajstić information content (AvgIpc) is 2.74. The molecule has 0 atom stereocenters. The molecule has 2 rings (SSSR count). The highest BCUT2D eigenvalue weighted by molar-refractivity contribution is 5.70. The Hall–Kier alpha value is -2.30. The molecule has 0 aliphatic carbocycles. The van der Waals surface area contributed by atoms with Crippen LogP contribution in [-0.2, 0) is 6.54 Å². The van der Waals surface area contributed by atoms with Crippen LogP contribution in [0.5, 0.6) is 5.75 Å². The summed E-state index contributed by atoms with van der Waals surface area (Å²) < 4.78 is 9.98. The molecule has 1 aromatic carbocycles. The fourth-order valence-electron chi connectivity index (χ4n) is 1.29. The first-order valence-electron chi connectivity index (χ1n) is 5.17. The number of nitrogens with one attached hydrogen (secondary N) is 1. The zero-order valence-corrected chi connectivity index (χ0v) is 9.34. The molecule has 0 aliphatic rings. The Morgan fingerprint density at radius 1 is 1.41 bits per heavy atom. The van der Waals surface area contributed by atoms with Crippen molar-refractivity contribution in [2.45, 2.75) is 13.5 Å². The summed E-state index contributed by atoms with van der Waals surface area (Å²) in [7, 11) is 0. The van der Waals surface area contributed by atoms with Crippen LogP contribution in [0.4, 0.5) is 4.79 Å². The Morgan fingerprint density at radius 3 is 2.82 bits per heavy atom. The second-order valence-corrected chi connectivity index (χ2v) is 3.49. The summed E-state index contributed by atoms with van der Waals surface area (Å²) in [5, 5.41) is 6.28. The van der Waals surface area contributed by atoms with E-state index < -0.39 is 6.09 Å². The summed E-state index contributed by atoms with van der Waals surface area (Å²) in [5.41, 5.74) is 0.776. The lowest BCUT2D eigenvalue weighted by Crippen LogP contribution is -2.26. The molecule has 88 valence electrons. The lowest BCUT2D eigenvalue weighted by Gasteiger charge is -2.04. The summed E-state index contributed by atoms with van der Waals surface area (Å²) >= 11 is 0. The van der Waals surface area contributed by atoms with Crippen LogP contribution >= 0.6 is 0 Å². The zero-order valence-electron chi connectivity index (χ0n) is 9.34. The molecular formula is C12H12N2O3. The van der Waals surface area contributed by atoms with Gasteiger partial charge in [0.25, 0.3) is 0 Å². The van der Waals surface area contributed by atoms with Crippen molar-refractivity contribution in [3.8, 4) is 5.75 Å². The molecule has 17 heavy (non-hydrogen) atoms. The Kier molecular flexibility index (Phi) is 3.40. The molecule has 0 fully saturated rings. The van der Waals surface area contributed by atoms with Gasteiger partial charge in [0, 0.05) is 6.07 Å². The highest BCUT2D eigenvalue weighted by Gasteiger charge is 2.06. The Labute approximate surface area is 98.4 Å². The van der Waals surface area contributed by atoms with Gasteiger partial charge in [-0.2, -0.15) is 0 Å². The minimum absolute atomic E-state index is 0.256. The summed E-state index contributed by atoms with van der Waals surface area (Å²) in [4.78, 5) is 11.4. The SMILES string of the molecule is Cc1cc(CNC(=O)Oc2ccccc2)on1. The molecule has 0 aliphatic heterocycles. The van der Waals surface area contributed by atoms with Crippen molar-refractivity contribution >= 4 is 6.09 Å². The lowest BCUT2D eigenvalue weighted by atomic mass is 10.3. The number of aryl methyl sites for hydroxylation is 1. The maximum Gasteiger partial charge on any atom is 0.412 e. The molecule has 0 bridgehead atoms. The minimum Gasteiger partial charge on any atom is -0.410 e. The monoisotopic (exact) mass is 232 g/mol. The molecule has 0 unspecified atom stereocenters. The fraction of sp³-hybridized carbons (Fsp3) is 0.167. The number of benzene rings is 1. The standard InChI is InChI=1S/C12H12N2O3/c1-9-7-11(17-14-9)8-13-12(15)16-10-5-3-2-4-6-10/h2-7H,8H2,1H3,(H,13,15). The van der Waals surface area contributed by atoms with E-state index in [2.05, 4.69) is 10.5 Å². The number of aromatic nitrogens is 1. The Balaban J connectivity index is 1.82. The van der Waals surface area contributed by atoms with Crippen molar-refractivity contribution in [2.24, 2.45) is 0 Å². The summed E-state index contributed by atoms with van der Waals surface area (Å²) in [6.07, 6.45) is -0.523. The number of para-hydroxylation sites is 1. The van der Waals surface area contributed by atoms with Crippen LogP contribution in [0.2, 0.25) is 0 Å². The van der Waals surface area contributed by atoms with Gasteiger partial charge in [0.05, 0.1) is 12.2 Å². The highest BCUT2D eigenvalue weighted by Crippen LogP contribution is 2.08. The normalized spacial score (nSPS) is 9.94. The van der Waals surface area contributed by atoms with Gasteiger partial charge in [-0.15, -0.1) is 0 Å². The highest BCUT2D eigenvalue weighted by atomic mass is 16.6. The molecule has 0 saturated carbocycles. The van der Waals surface area contributed by atoms with E-state index in [4.69, 9.17) is 9.26 Å². The van der Waals surface area contributed by atoms with Gasteiger partial charge in [-0.05, 0) is 19.1 Å². The number of nitrogens with zero attached hydrogens (tertiary/aromatic N) is 1.